The van der Waals surface area contributed by atoms with Crippen molar-refractivity contribution in [3.05, 3.63) is 76.8 Å². The summed E-state index contributed by atoms with van der Waals surface area (Å²) in [6, 6.07) is 19.2. The first kappa shape index (κ1) is 15.9. The van der Waals surface area contributed by atoms with E-state index in [2.05, 4.69) is 11.1 Å². The van der Waals surface area contributed by atoms with E-state index in [4.69, 9.17) is 5.26 Å². The van der Waals surface area contributed by atoms with Crippen molar-refractivity contribution < 1.29 is 4.79 Å². The number of rotatable bonds is 4. The molecule has 1 heterocycles. The molecule has 1 amide bonds. The molecule has 4 nitrogen and oxygen atoms in total. The molecule has 3 rings (SSSR count). The number of carbonyl (C=O) groups excluding carboxylic acids is 1. The first-order chi connectivity index (χ1) is 11.7. The topological polar surface area (TPSA) is 57.0 Å². The van der Waals surface area contributed by atoms with Crippen molar-refractivity contribution in [2.24, 2.45) is 0 Å². The molecule has 24 heavy (non-hydrogen) atoms. The van der Waals surface area contributed by atoms with Gasteiger partial charge in [0.05, 0.1) is 17.8 Å². The Kier molecular flexibility index (Phi) is 4.69. The van der Waals surface area contributed by atoms with Crippen molar-refractivity contribution in [3.63, 3.8) is 0 Å². The van der Waals surface area contributed by atoms with Gasteiger partial charge in [0.25, 0.3) is 5.91 Å². The molecule has 0 fully saturated rings. The lowest BCUT2D eigenvalue weighted by Crippen LogP contribution is -2.25. The third-order valence-corrected chi connectivity index (χ3v) is 4.62. The zero-order valence-electron chi connectivity index (χ0n) is 13.1. The van der Waals surface area contributed by atoms with E-state index >= 15 is 0 Å². The van der Waals surface area contributed by atoms with Crippen molar-refractivity contribution in [1.82, 2.24) is 9.88 Å². The fourth-order valence-corrected chi connectivity index (χ4v) is 3.22. The second-order valence-electron chi connectivity index (χ2n) is 5.37. The minimum Gasteiger partial charge on any atom is -0.337 e. The first-order valence-corrected chi connectivity index (χ1v) is 8.25. The number of aromatic nitrogens is 1. The van der Waals surface area contributed by atoms with Gasteiger partial charge in [-0.3, -0.25) is 4.79 Å². The van der Waals surface area contributed by atoms with Gasteiger partial charge in [-0.15, -0.1) is 11.3 Å². The van der Waals surface area contributed by atoms with Gasteiger partial charge in [-0.05, 0) is 17.7 Å². The molecule has 0 saturated heterocycles. The van der Waals surface area contributed by atoms with Gasteiger partial charge in [-0.25, -0.2) is 4.98 Å². The van der Waals surface area contributed by atoms with Crippen molar-refractivity contribution in [1.29, 1.82) is 5.26 Å². The second-order valence-corrected chi connectivity index (χ2v) is 6.40. The van der Waals surface area contributed by atoms with Crippen LogP contribution in [0.5, 0.6) is 0 Å². The molecular weight excluding hydrogens is 318 g/mol. The largest absolute Gasteiger partial charge is 0.337 e. The zero-order valence-corrected chi connectivity index (χ0v) is 14.0. The molecule has 0 saturated carbocycles. The number of hydrogen-bond donors (Lipinski definition) is 0. The summed E-state index contributed by atoms with van der Waals surface area (Å²) in [5, 5.41) is 9.66. The lowest BCUT2D eigenvalue weighted by Gasteiger charge is -2.16. The summed E-state index contributed by atoms with van der Waals surface area (Å²) in [6.45, 7) is 0.489. The van der Waals surface area contributed by atoms with Crippen LogP contribution in [0.3, 0.4) is 0 Å². The van der Waals surface area contributed by atoms with E-state index in [0.29, 0.717) is 17.0 Å². The molecule has 0 spiro atoms. The fraction of sp³-hybridized carbons (Fsp3) is 0.105. The van der Waals surface area contributed by atoms with Crippen LogP contribution in [-0.2, 0) is 6.54 Å². The highest BCUT2D eigenvalue weighted by molar-refractivity contribution is 7.16. The standard InChI is InChI=1S/C19H15N3OS/c1-22(13-15-9-7-14(11-20)8-10-15)19(23)17-12-21-18(24-17)16-5-3-2-4-6-16/h2-10,12H,13H2,1H3. The Balaban J connectivity index is 1.71. The maximum absolute atomic E-state index is 12.6. The third-order valence-electron chi connectivity index (χ3n) is 3.59. The minimum absolute atomic E-state index is 0.0564. The Labute approximate surface area is 144 Å². The van der Waals surface area contributed by atoms with Crippen molar-refractivity contribution in [3.8, 4) is 16.6 Å². The zero-order chi connectivity index (χ0) is 16.9. The van der Waals surface area contributed by atoms with Gasteiger partial charge in [0.1, 0.15) is 9.88 Å². The van der Waals surface area contributed by atoms with Crippen molar-refractivity contribution in [2.75, 3.05) is 7.05 Å². The van der Waals surface area contributed by atoms with E-state index in [1.165, 1.54) is 11.3 Å². The smallest absolute Gasteiger partial charge is 0.265 e. The molecule has 0 radical (unpaired) electrons. The molecule has 1 aromatic heterocycles. The minimum atomic E-state index is -0.0564. The van der Waals surface area contributed by atoms with Gasteiger partial charge >= 0.3 is 0 Å². The normalized spacial score (nSPS) is 10.2. The van der Waals surface area contributed by atoms with Crippen LogP contribution < -0.4 is 0 Å². The summed E-state index contributed by atoms with van der Waals surface area (Å²) in [7, 11) is 1.77. The molecule has 0 aliphatic rings. The van der Waals surface area contributed by atoms with Crippen LogP contribution in [0.4, 0.5) is 0 Å². The van der Waals surface area contributed by atoms with Gasteiger partial charge < -0.3 is 4.90 Å². The summed E-state index contributed by atoms with van der Waals surface area (Å²) in [5.74, 6) is -0.0564. The summed E-state index contributed by atoms with van der Waals surface area (Å²) >= 11 is 1.39. The van der Waals surface area contributed by atoms with Gasteiger partial charge in [0.2, 0.25) is 0 Å². The van der Waals surface area contributed by atoms with Crippen molar-refractivity contribution >= 4 is 17.2 Å². The van der Waals surface area contributed by atoms with Crippen LogP contribution in [0.2, 0.25) is 0 Å². The summed E-state index contributed by atoms with van der Waals surface area (Å²) in [6.07, 6.45) is 1.63. The Hall–Kier alpha value is -2.97. The Morgan fingerprint density at radius 1 is 1.17 bits per heavy atom. The molecular formula is C19H15N3OS. The van der Waals surface area contributed by atoms with E-state index in [9.17, 15) is 4.79 Å². The lowest BCUT2D eigenvalue weighted by atomic mass is 10.1. The predicted molar refractivity (Wildman–Crippen MR) is 94.5 cm³/mol. The van der Waals surface area contributed by atoms with E-state index in [0.717, 1.165) is 16.1 Å². The second kappa shape index (κ2) is 7.07. The summed E-state index contributed by atoms with van der Waals surface area (Å²) in [4.78, 5) is 19.2. The fourth-order valence-electron chi connectivity index (χ4n) is 2.31. The molecule has 3 aromatic rings. The highest BCUT2D eigenvalue weighted by atomic mass is 32.1. The average Bonchev–Trinajstić information content (AvgIpc) is 3.12. The molecule has 0 N–H and O–H groups in total. The number of nitrogens with zero attached hydrogens (tertiary/aromatic N) is 3. The van der Waals surface area contributed by atoms with E-state index in [-0.39, 0.29) is 5.91 Å². The summed E-state index contributed by atoms with van der Waals surface area (Å²) < 4.78 is 0. The molecule has 0 atom stereocenters. The molecule has 118 valence electrons. The molecule has 0 bridgehead atoms. The number of amides is 1. The quantitative estimate of drug-likeness (QED) is 0.726. The van der Waals surface area contributed by atoms with Crippen LogP contribution in [0.1, 0.15) is 20.8 Å². The van der Waals surface area contributed by atoms with Crippen LogP contribution in [0.15, 0.2) is 60.8 Å². The Morgan fingerprint density at radius 2 is 1.88 bits per heavy atom. The average molecular weight is 333 g/mol. The SMILES string of the molecule is CN(Cc1ccc(C#N)cc1)C(=O)c1cnc(-c2ccccc2)s1. The number of benzene rings is 2. The molecule has 0 aliphatic heterocycles. The van der Waals surface area contributed by atoms with Gasteiger partial charge in [0.15, 0.2) is 0 Å². The third kappa shape index (κ3) is 3.50. The van der Waals surface area contributed by atoms with E-state index < -0.39 is 0 Å². The molecule has 2 aromatic carbocycles. The first-order valence-electron chi connectivity index (χ1n) is 7.43. The number of nitriles is 1. The predicted octanol–water partition coefficient (Wildman–Crippen LogP) is 3.95. The van der Waals surface area contributed by atoms with E-state index in [1.54, 1.807) is 30.3 Å². The molecule has 5 heteroatoms. The Morgan fingerprint density at radius 3 is 2.54 bits per heavy atom. The van der Waals surface area contributed by atoms with Crippen LogP contribution >= 0.6 is 11.3 Å². The van der Waals surface area contributed by atoms with Gasteiger partial charge in [0, 0.05) is 19.2 Å². The number of hydrogen-bond acceptors (Lipinski definition) is 4. The van der Waals surface area contributed by atoms with Crippen molar-refractivity contribution in [2.45, 2.75) is 6.54 Å². The highest BCUT2D eigenvalue weighted by Gasteiger charge is 2.16. The maximum Gasteiger partial charge on any atom is 0.265 e. The number of thiazole rings is 1. The van der Waals surface area contributed by atoms with Crippen LogP contribution in [-0.4, -0.2) is 22.8 Å². The van der Waals surface area contributed by atoms with Gasteiger partial charge in [-0.2, -0.15) is 5.26 Å². The maximum atomic E-state index is 12.6. The Bertz CT molecular complexity index is 879. The molecule has 0 unspecified atom stereocenters. The highest BCUT2D eigenvalue weighted by Crippen LogP contribution is 2.25. The lowest BCUT2D eigenvalue weighted by molar-refractivity contribution is 0.0789. The molecule has 0 aliphatic carbocycles. The number of carbonyl (C=O) groups is 1. The van der Waals surface area contributed by atoms with Crippen LogP contribution in [0.25, 0.3) is 10.6 Å². The summed E-state index contributed by atoms with van der Waals surface area (Å²) in [5.41, 5.74) is 2.61. The monoisotopic (exact) mass is 333 g/mol. The van der Waals surface area contributed by atoms with Crippen LogP contribution in [0, 0.1) is 11.3 Å². The van der Waals surface area contributed by atoms with E-state index in [1.807, 2.05) is 42.5 Å². The van der Waals surface area contributed by atoms with Gasteiger partial charge in [-0.1, -0.05) is 42.5 Å².